The zero-order chi connectivity index (χ0) is 23.8. The number of hydrogen-bond donors (Lipinski definition) is 1. The van der Waals surface area contributed by atoms with Crippen LogP contribution in [0, 0.1) is 12.7 Å². The third kappa shape index (κ3) is 4.85. The molecular formula is C23H25F4N5O. The number of methoxy groups -OCH3 is 1. The first kappa shape index (κ1) is 23.2. The number of piperidine rings is 1. The summed E-state index contributed by atoms with van der Waals surface area (Å²) in [6.45, 7) is 4.92. The van der Waals surface area contributed by atoms with Gasteiger partial charge in [0, 0.05) is 25.8 Å². The van der Waals surface area contributed by atoms with E-state index in [2.05, 4.69) is 25.2 Å². The molecule has 1 aliphatic heterocycles. The van der Waals surface area contributed by atoms with E-state index >= 15 is 0 Å². The van der Waals surface area contributed by atoms with E-state index in [1.165, 1.54) is 12.1 Å². The van der Waals surface area contributed by atoms with E-state index in [0.717, 1.165) is 37.7 Å². The third-order valence-corrected chi connectivity index (χ3v) is 5.94. The van der Waals surface area contributed by atoms with Crippen LogP contribution in [-0.2, 0) is 10.9 Å². The number of nitrogens with zero attached hydrogens (tertiary/aromatic N) is 4. The number of aryl methyl sites for hydroxylation is 1. The Kier molecular flexibility index (Phi) is 6.38. The van der Waals surface area contributed by atoms with Gasteiger partial charge in [-0.2, -0.15) is 13.2 Å². The second-order valence-corrected chi connectivity index (χ2v) is 8.18. The number of rotatable bonds is 5. The molecule has 3 aromatic rings. The van der Waals surface area contributed by atoms with Crippen molar-refractivity contribution in [2.45, 2.75) is 45.0 Å². The van der Waals surface area contributed by atoms with Crippen LogP contribution < -0.4 is 10.2 Å². The first-order valence-corrected chi connectivity index (χ1v) is 10.7. The van der Waals surface area contributed by atoms with Crippen LogP contribution >= 0.6 is 0 Å². The van der Waals surface area contributed by atoms with Crippen molar-refractivity contribution in [2.75, 3.05) is 30.4 Å². The minimum Gasteiger partial charge on any atom is -0.381 e. The highest BCUT2D eigenvalue weighted by atomic mass is 19.4. The molecule has 176 valence electrons. The number of fused-ring (bicyclic) bond motifs is 1. The van der Waals surface area contributed by atoms with Crippen LogP contribution in [0.5, 0.6) is 0 Å². The number of aromatic nitrogens is 3. The van der Waals surface area contributed by atoms with E-state index < -0.39 is 23.6 Å². The Bertz CT molecular complexity index is 1150. The first-order chi connectivity index (χ1) is 15.7. The lowest BCUT2D eigenvalue weighted by Gasteiger charge is -2.32. The van der Waals surface area contributed by atoms with Gasteiger partial charge in [0.1, 0.15) is 17.5 Å². The maximum atomic E-state index is 14.7. The Morgan fingerprint density at radius 1 is 1.18 bits per heavy atom. The lowest BCUT2D eigenvalue weighted by molar-refractivity contribution is -0.140. The normalized spacial score (nSPS) is 16.3. The summed E-state index contributed by atoms with van der Waals surface area (Å²) in [4.78, 5) is 15.5. The Morgan fingerprint density at radius 2 is 1.91 bits per heavy atom. The monoisotopic (exact) mass is 463 g/mol. The van der Waals surface area contributed by atoms with Gasteiger partial charge in [-0.15, -0.1) is 0 Å². The van der Waals surface area contributed by atoms with Crippen molar-refractivity contribution in [2.24, 2.45) is 0 Å². The molecule has 0 aliphatic carbocycles. The molecule has 3 heterocycles. The van der Waals surface area contributed by atoms with Gasteiger partial charge in [0.15, 0.2) is 5.65 Å². The molecule has 4 rings (SSSR count). The molecule has 2 aromatic heterocycles. The average Bonchev–Trinajstić information content (AvgIpc) is 2.78. The zero-order valence-electron chi connectivity index (χ0n) is 18.6. The maximum Gasteiger partial charge on any atom is 0.419 e. The molecular weight excluding hydrogens is 438 g/mol. The molecule has 1 N–H and O–H groups in total. The quantitative estimate of drug-likeness (QED) is 0.520. The highest BCUT2D eigenvalue weighted by molar-refractivity contribution is 5.89. The van der Waals surface area contributed by atoms with E-state index in [-0.39, 0.29) is 11.7 Å². The van der Waals surface area contributed by atoms with Gasteiger partial charge in [-0.3, -0.25) is 0 Å². The molecule has 1 atom stereocenters. The summed E-state index contributed by atoms with van der Waals surface area (Å²) in [5, 5.41) is 3.69. The predicted octanol–water partition coefficient (Wildman–Crippen LogP) is 5.28. The molecule has 0 saturated carbocycles. The number of ether oxygens (including phenoxy) is 1. The van der Waals surface area contributed by atoms with Crippen molar-refractivity contribution in [1.29, 1.82) is 0 Å². The minimum absolute atomic E-state index is 0.0972. The molecule has 1 fully saturated rings. The maximum absolute atomic E-state index is 14.7. The van der Waals surface area contributed by atoms with E-state index in [1.807, 2.05) is 6.07 Å². The van der Waals surface area contributed by atoms with E-state index in [0.29, 0.717) is 22.7 Å². The van der Waals surface area contributed by atoms with E-state index in [9.17, 15) is 17.6 Å². The van der Waals surface area contributed by atoms with Crippen LogP contribution in [0.1, 0.15) is 42.8 Å². The molecule has 1 aromatic carbocycles. The summed E-state index contributed by atoms with van der Waals surface area (Å²) in [6, 6.07) is 4.41. The highest BCUT2D eigenvalue weighted by Gasteiger charge is 2.35. The lowest BCUT2D eigenvalue weighted by Crippen LogP contribution is -2.36. The number of hydrogen-bond acceptors (Lipinski definition) is 6. The Balaban J connectivity index is 1.66. The first-order valence-electron chi connectivity index (χ1n) is 10.7. The molecule has 1 aliphatic rings. The van der Waals surface area contributed by atoms with Crippen LogP contribution in [0.2, 0.25) is 0 Å². The second-order valence-electron chi connectivity index (χ2n) is 8.18. The van der Waals surface area contributed by atoms with Gasteiger partial charge in [-0.25, -0.2) is 19.3 Å². The third-order valence-electron chi connectivity index (χ3n) is 5.94. The van der Waals surface area contributed by atoms with Gasteiger partial charge in [-0.05, 0) is 38.8 Å². The fourth-order valence-electron chi connectivity index (χ4n) is 4.13. The Labute approximate surface area is 189 Å². The summed E-state index contributed by atoms with van der Waals surface area (Å²) < 4.78 is 59.5. The van der Waals surface area contributed by atoms with Gasteiger partial charge < -0.3 is 15.0 Å². The van der Waals surface area contributed by atoms with Crippen LogP contribution in [-0.4, -0.2) is 41.3 Å². The van der Waals surface area contributed by atoms with Crippen molar-refractivity contribution in [3.8, 4) is 0 Å². The van der Waals surface area contributed by atoms with Crippen LogP contribution in [0.25, 0.3) is 11.0 Å². The van der Waals surface area contributed by atoms with Crippen molar-refractivity contribution < 1.29 is 22.3 Å². The zero-order valence-corrected chi connectivity index (χ0v) is 18.6. The largest absolute Gasteiger partial charge is 0.419 e. The van der Waals surface area contributed by atoms with Crippen LogP contribution in [0.4, 0.5) is 29.1 Å². The van der Waals surface area contributed by atoms with E-state index in [4.69, 9.17) is 4.74 Å². The highest BCUT2D eigenvalue weighted by Crippen LogP contribution is 2.35. The summed E-state index contributed by atoms with van der Waals surface area (Å²) in [7, 11) is 1.71. The smallest absolute Gasteiger partial charge is 0.381 e. The molecule has 10 heteroatoms. The van der Waals surface area contributed by atoms with Crippen LogP contribution in [0.3, 0.4) is 0 Å². The van der Waals surface area contributed by atoms with Gasteiger partial charge in [0.2, 0.25) is 0 Å². The molecule has 0 amide bonds. The number of alkyl halides is 3. The Hall–Kier alpha value is -3.01. The summed E-state index contributed by atoms with van der Waals surface area (Å²) in [6.07, 6.45) is -0.985. The Morgan fingerprint density at radius 3 is 2.58 bits per heavy atom. The summed E-state index contributed by atoms with van der Waals surface area (Å²) in [5.74, 6) is -0.453. The van der Waals surface area contributed by atoms with Crippen molar-refractivity contribution in [3.05, 3.63) is 53.2 Å². The minimum atomic E-state index is -4.77. The van der Waals surface area contributed by atoms with Crippen molar-refractivity contribution in [1.82, 2.24) is 15.0 Å². The molecule has 0 bridgehead atoms. The molecule has 0 unspecified atom stereocenters. The SMILES string of the molecule is COC1CCN(c2cnc3nc(C)nc(N[C@H](C)c4cccc(C(F)(F)F)c4F)c3c2)CC1. The van der Waals surface area contributed by atoms with Crippen molar-refractivity contribution in [3.63, 3.8) is 0 Å². The molecule has 1 saturated heterocycles. The number of halogens is 4. The average molecular weight is 463 g/mol. The van der Waals surface area contributed by atoms with Gasteiger partial charge in [-0.1, -0.05) is 12.1 Å². The number of pyridine rings is 1. The van der Waals surface area contributed by atoms with Gasteiger partial charge in [0.25, 0.3) is 0 Å². The molecule has 6 nitrogen and oxygen atoms in total. The number of benzene rings is 1. The van der Waals surface area contributed by atoms with E-state index in [1.54, 1.807) is 27.2 Å². The molecule has 0 radical (unpaired) electrons. The molecule has 0 spiro atoms. The summed E-state index contributed by atoms with van der Waals surface area (Å²) >= 11 is 0. The van der Waals surface area contributed by atoms with Gasteiger partial charge >= 0.3 is 6.18 Å². The lowest BCUT2D eigenvalue weighted by atomic mass is 10.0. The fourth-order valence-corrected chi connectivity index (χ4v) is 4.13. The summed E-state index contributed by atoms with van der Waals surface area (Å²) in [5.41, 5.74) is -0.0384. The topological polar surface area (TPSA) is 63.2 Å². The van der Waals surface area contributed by atoms with Gasteiger partial charge in [0.05, 0.1) is 35.0 Å². The molecule has 33 heavy (non-hydrogen) atoms. The number of anilines is 2. The van der Waals surface area contributed by atoms with Crippen molar-refractivity contribution >= 4 is 22.5 Å². The van der Waals surface area contributed by atoms with Crippen LogP contribution in [0.15, 0.2) is 30.5 Å². The standard InChI is InChI=1S/C23H25F4N5O/c1-13(17-5-4-6-19(20(17)24)23(25,26)27)29-22-18-11-15(12-28-21(18)30-14(2)31-22)32-9-7-16(33-3)8-10-32/h4-6,11-13,16H,7-10H2,1-3H3,(H,28,29,30,31)/t13-/m1/s1. The fraction of sp³-hybridized carbons (Fsp3) is 0.435. The predicted molar refractivity (Wildman–Crippen MR) is 118 cm³/mol. The second kappa shape index (κ2) is 9.09. The number of nitrogens with one attached hydrogen (secondary N) is 1.